The SMILES string of the molecule is Cc1ccc(/C=C/C(=O)Nc2cccc(NC(=O)c3ccoc3)c2)c(C)c1. The molecule has 3 rings (SSSR count). The van der Waals surface area contributed by atoms with Gasteiger partial charge >= 0.3 is 0 Å². The van der Waals surface area contributed by atoms with Crippen molar-refractivity contribution in [1.29, 1.82) is 0 Å². The van der Waals surface area contributed by atoms with Gasteiger partial charge in [0.2, 0.25) is 5.91 Å². The van der Waals surface area contributed by atoms with Crippen LogP contribution in [0.25, 0.3) is 6.08 Å². The highest BCUT2D eigenvalue weighted by molar-refractivity contribution is 6.05. The van der Waals surface area contributed by atoms with Crippen molar-refractivity contribution in [2.75, 3.05) is 10.6 Å². The number of hydrogen-bond donors (Lipinski definition) is 2. The Morgan fingerprint density at radius 3 is 2.44 bits per heavy atom. The van der Waals surface area contributed by atoms with Crippen LogP contribution in [-0.4, -0.2) is 11.8 Å². The molecule has 1 aromatic heterocycles. The molecule has 0 aliphatic heterocycles. The van der Waals surface area contributed by atoms with Crippen LogP contribution >= 0.6 is 0 Å². The first-order valence-corrected chi connectivity index (χ1v) is 8.51. The van der Waals surface area contributed by atoms with Gasteiger partial charge < -0.3 is 15.1 Å². The first-order valence-electron chi connectivity index (χ1n) is 8.51. The normalized spacial score (nSPS) is 10.7. The quantitative estimate of drug-likeness (QED) is 0.642. The van der Waals surface area contributed by atoms with Crippen molar-refractivity contribution in [3.8, 4) is 0 Å². The standard InChI is InChI=1S/C22H20N2O3/c1-15-6-7-17(16(2)12-15)8-9-21(25)23-19-4-3-5-20(13-19)24-22(26)18-10-11-27-14-18/h3-14H,1-2H3,(H,23,25)(H,24,26)/b9-8+. The fourth-order valence-electron chi connectivity index (χ4n) is 2.63. The lowest BCUT2D eigenvalue weighted by Crippen LogP contribution is -2.12. The monoisotopic (exact) mass is 360 g/mol. The van der Waals surface area contributed by atoms with E-state index in [1.54, 1.807) is 36.4 Å². The second kappa shape index (κ2) is 8.19. The van der Waals surface area contributed by atoms with E-state index < -0.39 is 0 Å². The van der Waals surface area contributed by atoms with E-state index in [1.165, 1.54) is 24.2 Å². The molecule has 0 bridgehead atoms. The minimum absolute atomic E-state index is 0.242. The largest absolute Gasteiger partial charge is 0.472 e. The van der Waals surface area contributed by atoms with E-state index in [4.69, 9.17) is 4.42 Å². The topological polar surface area (TPSA) is 71.3 Å². The second-order valence-corrected chi connectivity index (χ2v) is 6.23. The Labute approximate surface area is 157 Å². The van der Waals surface area contributed by atoms with Crippen molar-refractivity contribution in [3.05, 3.63) is 89.4 Å². The van der Waals surface area contributed by atoms with Crippen molar-refractivity contribution < 1.29 is 14.0 Å². The van der Waals surface area contributed by atoms with Crippen LogP contribution in [0.1, 0.15) is 27.0 Å². The summed E-state index contributed by atoms with van der Waals surface area (Å²) in [5, 5.41) is 5.56. The lowest BCUT2D eigenvalue weighted by atomic mass is 10.1. The number of furan rings is 1. The van der Waals surface area contributed by atoms with Gasteiger partial charge in [-0.25, -0.2) is 0 Å². The number of anilines is 2. The van der Waals surface area contributed by atoms with Crippen LogP contribution in [-0.2, 0) is 4.79 Å². The first-order chi connectivity index (χ1) is 13.0. The van der Waals surface area contributed by atoms with Crippen molar-refractivity contribution >= 4 is 29.3 Å². The molecule has 0 saturated heterocycles. The first kappa shape index (κ1) is 18.2. The van der Waals surface area contributed by atoms with Crippen molar-refractivity contribution in [3.63, 3.8) is 0 Å². The summed E-state index contributed by atoms with van der Waals surface area (Å²) < 4.78 is 4.90. The molecule has 0 spiro atoms. The molecule has 5 nitrogen and oxygen atoms in total. The lowest BCUT2D eigenvalue weighted by molar-refractivity contribution is -0.111. The Morgan fingerprint density at radius 2 is 1.74 bits per heavy atom. The molecule has 3 aromatic rings. The minimum Gasteiger partial charge on any atom is -0.472 e. The average Bonchev–Trinajstić information content (AvgIpc) is 3.16. The van der Waals surface area contributed by atoms with Gasteiger partial charge in [-0.3, -0.25) is 9.59 Å². The van der Waals surface area contributed by atoms with Crippen LogP contribution in [0.5, 0.6) is 0 Å². The molecule has 27 heavy (non-hydrogen) atoms. The van der Waals surface area contributed by atoms with Crippen LogP contribution in [0.3, 0.4) is 0 Å². The van der Waals surface area contributed by atoms with E-state index in [0.717, 1.165) is 11.1 Å². The zero-order valence-electron chi connectivity index (χ0n) is 15.2. The van der Waals surface area contributed by atoms with Crippen molar-refractivity contribution in [1.82, 2.24) is 0 Å². The predicted octanol–water partition coefficient (Wildman–Crippen LogP) is 4.80. The number of rotatable bonds is 5. The molecule has 0 saturated carbocycles. The molecule has 2 N–H and O–H groups in total. The van der Waals surface area contributed by atoms with E-state index >= 15 is 0 Å². The molecular weight excluding hydrogens is 340 g/mol. The Balaban J connectivity index is 1.64. The van der Waals surface area contributed by atoms with Crippen molar-refractivity contribution in [2.24, 2.45) is 0 Å². The molecule has 5 heteroatoms. The van der Waals surface area contributed by atoms with Gasteiger partial charge in [0, 0.05) is 17.5 Å². The maximum Gasteiger partial charge on any atom is 0.258 e. The van der Waals surface area contributed by atoms with E-state index in [0.29, 0.717) is 16.9 Å². The molecule has 0 fully saturated rings. The summed E-state index contributed by atoms with van der Waals surface area (Å²) in [5.74, 6) is -0.518. The molecule has 0 aliphatic carbocycles. The van der Waals surface area contributed by atoms with Gasteiger partial charge in [0.25, 0.3) is 5.91 Å². The maximum atomic E-state index is 12.2. The van der Waals surface area contributed by atoms with E-state index in [9.17, 15) is 9.59 Å². The smallest absolute Gasteiger partial charge is 0.258 e. The Kier molecular flexibility index (Phi) is 5.52. The van der Waals surface area contributed by atoms with Gasteiger partial charge in [0.05, 0.1) is 11.8 Å². The fraction of sp³-hybridized carbons (Fsp3) is 0.0909. The third-order valence-corrected chi connectivity index (χ3v) is 4.01. The summed E-state index contributed by atoms with van der Waals surface area (Å²) in [6.07, 6.45) is 6.09. The van der Waals surface area contributed by atoms with Gasteiger partial charge in [0.1, 0.15) is 6.26 Å². The highest BCUT2D eigenvalue weighted by Gasteiger charge is 2.08. The summed E-state index contributed by atoms with van der Waals surface area (Å²) in [6, 6.07) is 14.6. The second-order valence-electron chi connectivity index (χ2n) is 6.23. The lowest BCUT2D eigenvalue weighted by Gasteiger charge is -2.07. The molecule has 0 unspecified atom stereocenters. The maximum absolute atomic E-state index is 12.2. The molecular formula is C22H20N2O3. The fourth-order valence-corrected chi connectivity index (χ4v) is 2.63. The number of hydrogen-bond acceptors (Lipinski definition) is 3. The van der Waals surface area contributed by atoms with Gasteiger partial charge in [-0.1, -0.05) is 29.8 Å². The molecule has 2 aromatic carbocycles. The van der Waals surface area contributed by atoms with Gasteiger partial charge in [-0.2, -0.15) is 0 Å². The number of amides is 2. The van der Waals surface area contributed by atoms with Crippen LogP contribution in [0.2, 0.25) is 0 Å². The van der Waals surface area contributed by atoms with Crippen LogP contribution in [0.15, 0.2) is 71.6 Å². The van der Waals surface area contributed by atoms with Crippen LogP contribution in [0.4, 0.5) is 11.4 Å². The average molecular weight is 360 g/mol. The Bertz CT molecular complexity index is 989. The van der Waals surface area contributed by atoms with E-state index in [2.05, 4.69) is 16.7 Å². The third kappa shape index (κ3) is 4.95. The van der Waals surface area contributed by atoms with E-state index in [-0.39, 0.29) is 11.8 Å². The number of benzene rings is 2. The van der Waals surface area contributed by atoms with Crippen LogP contribution in [0, 0.1) is 13.8 Å². The Hall–Kier alpha value is -3.60. The van der Waals surface area contributed by atoms with Crippen molar-refractivity contribution in [2.45, 2.75) is 13.8 Å². The summed E-state index contributed by atoms with van der Waals surface area (Å²) in [4.78, 5) is 24.2. The molecule has 0 aliphatic rings. The summed E-state index contributed by atoms with van der Waals surface area (Å²) in [6.45, 7) is 4.04. The number of carbonyl (C=O) groups is 2. The zero-order valence-corrected chi connectivity index (χ0v) is 15.2. The number of nitrogens with one attached hydrogen (secondary N) is 2. The summed E-state index contributed by atoms with van der Waals surface area (Å²) in [5.41, 5.74) is 4.90. The van der Waals surface area contributed by atoms with Gasteiger partial charge in [0.15, 0.2) is 0 Å². The Morgan fingerprint density at radius 1 is 0.963 bits per heavy atom. The molecule has 0 radical (unpaired) electrons. The summed E-state index contributed by atoms with van der Waals surface area (Å²) >= 11 is 0. The summed E-state index contributed by atoms with van der Waals surface area (Å²) in [7, 11) is 0. The van der Waals surface area contributed by atoms with Gasteiger partial charge in [-0.05, 0) is 55.3 Å². The van der Waals surface area contributed by atoms with E-state index in [1.807, 2.05) is 26.0 Å². The molecule has 136 valence electrons. The molecule has 2 amide bonds. The van der Waals surface area contributed by atoms with Crippen LogP contribution < -0.4 is 10.6 Å². The highest BCUT2D eigenvalue weighted by atomic mass is 16.3. The zero-order chi connectivity index (χ0) is 19.2. The predicted molar refractivity (Wildman–Crippen MR) is 107 cm³/mol. The molecule has 1 heterocycles. The highest BCUT2D eigenvalue weighted by Crippen LogP contribution is 2.17. The minimum atomic E-state index is -0.276. The van der Waals surface area contributed by atoms with Gasteiger partial charge in [-0.15, -0.1) is 0 Å². The third-order valence-electron chi connectivity index (χ3n) is 4.01. The number of aryl methyl sites for hydroxylation is 2. The number of carbonyl (C=O) groups excluding carboxylic acids is 2. The molecule has 0 atom stereocenters.